The molecule has 3 aromatic rings. The van der Waals surface area contributed by atoms with Crippen LogP contribution in [0, 0.1) is 0 Å². The second kappa shape index (κ2) is 12.7. The Hall–Kier alpha value is -5.72. The first kappa shape index (κ1) is 29.8. The van der Waals surface area contributed by atoms with E-state index in [-0.39, 0.29) is 60.9 Å². The first-order valence-electron chi connectivity index (χ1n) is 13.7. The van der Waals surface area contributed by atoms with Crippen molar-refractivity contribution < 1.29 is 43.3 Å². The van der Waals surface area contributed by atoms with E-state index in [1.54, 1.807) is 36.4 Å². The molecule has 0 aromatic heterocycles. The number of nitrogens with one attached hydrogen (secondary N) is 3. The van der Waals surface area contributed by atoms with Crippen LogP contribution in [0.1, 0.15) is 59.8 Å². The molecule has 1 unspecified atom stereocenters. The Morgan fingerprint density at radius 1 is 0.955 bits per heavy atom. The minimum atomic E-state index is -1.09. The standard InChI is InChI=1S/C31H28N4O9/c1-43-23-11-9-19(31(41)42)15-24(23)44-16-17-5-7-18(8-6-17)27(37)33-14-13-32-21-4-2-3-20-26(21)30(40)35(29(20)39)22-10-12-25(36)34-28(22)38/h2-9,11,15,22,32H,10,12-14,16H2,1H3,(H,33,37)(H,41,42)(H,34,36,38). The van der Waals surface area contributed by atoms with Gasteiger partial charge in [0.25, 0.3) is 17.7 Å². The van der Waals surface area contributed by atoms with E-state index in [1.807, 2.05) is 0 Å². The van der Waals surface area contributed by atoms with Crippen LogP contribution in [-0.2, 0) is 16.2 Å². The summed E-state index contributed by atoms with van der Waals surface area (Å²) in [5, 5.41) is 17.2. The maximum absolute atomic E-state index is 13.2. The van der Waals surface area contributed by atoms with Gasteiger partial charge in [-0.1, -0.05) is 18.2 Å². The molecule has 2 heterocycles. The van der Waals surface area contributed by atoms with Gasteiger partial charge in [-0.2, -0.15) is 0 Å². The van der Waals surface area contributed by atoms with Crippen LogP contribution in [0.25, 0.3) is 0 Å². The molecule has 2 aliphatic rings. The lowest BCUT2D eigenvalue weighted by molar-refractivity contribution is -0.136. The highest BCUT2D eigenvalue weighted by Crippen LogP contribution is 2.32. The number of fused-ring (bicyclic) bond motifs is 1. The summed E-state index contributed by atoms with van der Waals surface area (Å²) < 4.78 is 11.0. The third kappa shape index (κ3) is 6.07. The summed E-state index contributed by atoms with van der Waals surface area (Å²) >= 11 is 0. The van der Waals surface area contributed by atoms with Crippen LogP contribution < -0.4 is 25.4 Å². The molecule has 0 saturated carbocycles. The molecule has 1 atom stereocenters. The van der Waals surface area contributed by atoms with Crippen molar-refractivity contribution in [3.63, 3.8) is 0 Å². The first-order chi connectivity index (χ1) is 21.2. The number of methoxy groups -OCH3 is 1. The summed E-state index contributed by atoms with van der Waals surface area (Å²) in [7, 11) is 1.45. The normalized spacial score (nSPS) is 15.8. The zero-order valence-corrected chi connectivity index (χ0v) is 23.5. The number of piperidine rings is 1. The third-order valence-corrected chi connectivity index (χ3v) is 7.22. The van der Waals surface area contributed by atoms with Crippen molar-refractivity contribution in [2.45, 2.75) is 25.5 Å². The summed E-state index contributed by atoms with van der Waals surface area (Å²) in [5.41, 5.74) is 1.90. The third-order valence-electron chi connectivity index (χ3n) is 7.22. The van der Waals surface area contributed by atoms with Crippen molar-refractivity contribution in [3.8, 4) is 11.5 Å². The van der Waals surface area contributed by atoms with Gasteiger partial charge in [0, 0.05) is 30.8 Å². The van der Waals surface area contributed by atoms with Gasteiger partial charge in [-0.15, -0.1) is 0 Å². The number of carboxylic acid groups (broad SMARTS) is 1. The fourth-order valence-electron chi connectivity index (χ4n) is 4.97. The van der Waals surface area contributed by atoms with Gasteiger partial charge in [0.15, 0.2) is 11.5 Å². The maximum Gasteiger partial charge on any atom is 0.335 e. The molecule has 4 N–H and O–H groups in total. The average Bonchev–Trinajstić information content (AvgIpc) is 3.27. The van der Waals surface area contributed by atoms with Crippen molar-refractivity contribution in [2.24, 2.45) is 0 Å². The molecule has 5 amide bonds. The molecule has 44 heavy (non-hydrogen) atoms. The van der Waals surface area contributed by atoms with Crippen LogP contribution in [0.4, 0.5) is 5.69 Å². The number of nitrogens with zero attached hydrogens (tertiary/aromatic N) is 1. The number of amides is 5. The highest BCUT2D eigenvalue weighted by Gasteiger charge is 2.45. The number of hydrogen-bond acceptors (Lipinski definition) is 9. The summed E-state index contributed by atoms with van der Waals surface area (Å²) in [6.45, 7) is 0.562. The summed E-state index contributed by atoms with van der Waals surface area (Å²) in [5.74, 6) is -3.09. The lowest BCUT2D eigenvalue weighted by atomic mass is 10.0. The van der Waals surface area contributed by atoms with Gasteiger partial charge in [-0.25, -0.2) is 4.79 Å². The van der Waals surface area contributed by atoms with E-state index in [0.29, 0.717) is 17.0 Å². The Morgan fingerprint density at radius 3 is 2.41 bits per heavy atom. The molecule has 1 fully saturated rings. The zero-order chi connectivity index (χ0) is 31.4. The van der Waals surface area contributed by atoms with Crippen molar-refractivity contribution in [1.82, 2.24) is 15.5 Å². The van der Waals surface area contributed by atoms with Crippen molar-refractivity contribution in [3.05, 3.63) is 88.5 Å². The van der Waals surface area contributed by atoms with E-state index in [0.717, 1.165) is 10.5 Å². The molecule has 3 aromatic carbocycles. The van der Waals surface area contributed by atoms with E-state index >= 15 is 0 Å². The molecule has 226 valence electrons. The quantitative estimate of drug-likeness (QED) is 0.188. The second-order valence-electron chi connectivity index (χ2n) is 10.0. The Kier molecular flexibility index (Phi) is 8.56. The molecule has 0 spiro atoms. The van der Waals surface area contributed by atoms with Gasteiger partial charge in [0.2, 0.25) is 11.8 Å². The number of carbonyl (C=O) groups is 6. The molecular weight excluding hydrogens is 572 g/mol. The number of imide groups is 2. The van der Waals surface area contributed by atoms with E-state index in [2.05, 4.69) is 16.0 Å². The van der Waals surface area contributed by atoms with Gasteiger partial charge in [0.1, 0.15) is 12.6 Å². The predicted octanol–water partition coefficient (Wildman–Crippen LogP) is 2.22. The van der Waals surface area contributed by atoms with Crippen molar-refractivity contribution in [2.75, 3.05) is 25.5 Å². The van der Waals surface area contributed by atoms with Crippen molar-refractivity contribution >= 4 is 41.2 Å². The van der Waals surface area contributed by atoms with Crippen LogP contribution in [0.3, 0.4) is 0 Å². The monoisotopic (exact) mass is 600 g/mol. The number of carboxylic acids is 1. The minimum absolute atomic E-state index is 0.0311. The number of hydrogen-bond donors (Lipinski definition) is 4. The summed E-state index contributed by atoms with van der Waals surface area (Å²) in [6.07, 6.45) is 0.0950. The Morgan fingerprint density at radius 2 is 1.70 bits per heavy atom. The van der Waals surface area contributed by atoms with Gasteiger partial charge in [-0.3, -0.25) is 34.2 Å². The Labute approximate surface area is 251 Å². The molecule has 0 bridgehead atoms. The summed E-state index contributed by atoms with van der Waals surface area (Å²) in [4.78, 5) is 74.8. The van der Waals surface area contributed by atoms with E-state index in [4.69, 9.17) is 9.47 Å². The molecule has 13 nitrogen and oxygen atoms in total. The highest BCUT2D eigenvalue weighted by atomic mass is 16.5. The van der Waals surface area contributed by atoms with Gasteiger partial charge < -0.3 is 25.2 Å². The SMILES string of the molecule is COc1ccc(C(=O)O)cc1OCc1ccc(C(=O)NCCNc2cccc3c2C(=O)N(C2CCC(=O)NC2=O)C3=O)cc1. The lowest BCUT2D eigenvalue weighted by Crippen LogP contribution is -2.54. The second-order valence-corrected chi connectivity index (χ2v) is 10.0. The van der Waals surface area contributed by atoms with Crippen LogP contribution in [0.15, 0.2) is 60.7 Å². The fourth-order valence-corrected chi connectivity index (χ4v) is 4.97. The topological polar surface area (TPSA) is 180 Å². The van der Waals surface area contributed by atoms with Crippen LogP contribution in [0.5, 0.6) is 11.5 Å². The van der Waals surface area contributed by atoms with Crippen LogP contribution in [-0.4, -0.2) is 71.8 Å². The van der Waals surface area contributed by atoms with E-state index in [1.165, 1.54) is 31.4 Å². The zero-order valence-electron chi connectivity index (χ0n) is 23.5. The molecule has 5 rings (SSSR count). The molecular formula is C31H28N4O9. The first-order valence-corrected chi connectivity index (χ1v) is 13.7. The minimum Gasteiger partial charge on any atom is -0.493 e. The molecule has 0 aliphatic carbocycles. The Bertz CT molecular complexity index is 1670. The smallest absolute Gasteiger partial charge is 0.335 e. The number of rotatable bonds is 11. The maximum atomic E-state index is 13.2. The molecule has 1 saturated heterocycles. The van der Waals surface area contributed by atoms with Crippen LogP contribution in [0.2, 0.25) is 0 Å². The van der Waals surface area contributed by atoms with Gasteiger partial charge in [-0.05, 0) is 54.4 Å². The number of aromatic carboxylic acids is 1. The highest BCUT2D eigenvalue weighted by molar-refractivity contribution is 6.25. The van der Waals surface area contributed by atoms with Gasteiger partial charge in [0.05, 0.1) is 23.8 Å². The van der Waals surface area contributed by atoms with E-state index in [9.17, 15) is 33.9 Å². The van der Waals surface area contributed by atoms with Crippen molar-refractivity contribution in [1.29, 1.82) is 0 Å². The number of ether oxygens (including phenoxy) is 2. The average molecular weight is 601 g/mol. The number of carbonyl (C=O) groups excluding carboxylic acids is 5. The number of benzene rings is 3. The lowest BCUT2D eigenvalue weighted by Gasteiger charge is -2.27. The number of anilines is 1. The fraction of sp³-hybridized carbons (Fsp3) is 0.226. The van der Waals surface area contributed by atoms with E-state index < -0.39 is 35.6 Å². The molecule has 0 radical (unpaired) electrons. The Balaban J connectivity index is 1.14. The molecule has 13 heteroatoms. The largest absolute Gasteiger partial charge is 0.493 e. The predicted molar refractivity (Wildman–Crippen MR) is 155 cm³/mol. The van der Waals surface area contributed by atoms with Gasteiger partial charge >= 0.3 is 5.97 Å². The molecule has 2 aliphatic heterocycles. The summed E-state index contributed by atoms with van der Waals surface area (Å²) in [6, 6.07) is 14.7. The van der Waals surface area contributed by atoms with Crippen LogP contribution >= 0.6 is 0 Å².